The summed E-state index contributed by atoms with van der Waals surface area (Å²) in [5, 5.41) is 34.5. The predicted molar refractivity (Wildman–Crippen MR) is 228 cm³/mol. The molecule has 20 atom stereocenters. The highest BCUT2D eigenvalue weighted by molar-refractivity contribution is 6.03. The van der Waals surface area contributed by atoms with Crippen LogP contribution in [0.3, 0.4) is 0 Å². The average Bonchev–Trinajstić information content (AvgIpc) is 3.59. The van der Waals surface area contributed by atoms with Gasteiger partial charge in [0.1, 0.15) is 29.8 Å². The maximum atomic E-state index is 14.4. The van der Waals surface area contributed by atoms with Crippen LogP contribution in [0.1, 0.15) is 100 Å². The summed E-state index contributed by atoms with van der Waals surface area (Å²) in [4.78, 5) is 27.8. The van der Waals surface area contributed by atoms with Gasteiger partial charge in [-0.1, -0.05) is 64.5 Å². The van der Waals surface area contributed by atoms with E-state index in [2.05, 4.69) is 19.9 Å². The van der Waals surface area contributed by atoms with Gasteiger partial charge in [0.2, 0.25) is 0 Å². The van der Waals surface area contributed by atoms with E-state index in [1.165, 1.54) is 6.08 Å². The molecule has 0 radical (unpaired) electrons. The van der Waals surface area contributed by atoms with Crippen LogP contribution in [0.4, 0.5) is 0 Å². The van der Waals surface area contributed by atoms with Crippen LogP contribution in [0.2, 0.25) is 0 Å². The molecule has 7 aliphatic rings. The molecule has 6 aliphatic heterocycles. The van der Waals surface area contributed by atoms with Crippen molar-refractivity contribution in [2.24, 2.45) is 23.7 Å². The van der Waals surface area contributed by atoms with Crippen molar-refractivity contribution in [1.82, 2.24) is 0 Å². The number of allylic oxidation sites excluding steroid dienone is 2. The zero-order valence-electron chi connectivity index (χ0n) is 38.7. The van der Waals surface area contributed by atoms with E-state index in [1.807, 2.05) is 33.8 Å². The summed E-state index contributed by atoms with van der Waals surface area (Å²) in [6, 6.07) is 0. The van der Waals surface area contributed by atoms with Gasteiger partial charge in [-0.15, -0.1) is 0 Å². The number of aliphatic hydroxyl groups is 3. The Hall–Kier alpha value is -2.38. The molecule has 3 N–H and O–H groups in total. The molecule has 0 amide bonds. The number of fused-ring (bicyclic) bond motifs is 2. The summed E-state index contributed by atoms with van der Waals surface area (Å²) in [5.74, 6) is -3.72. The van der Waals surface area contributed by atoms with Crippen molar-refractivity contribution in [2.45, 2.75) is 198 Å². The molecule has 354 valence electrons. The smallest absolute Gasteiger partial charge is 0.316 e. The molecule has 0 aromatic rings. The van der Waals surface area contributed by atoms with E-state index in [9.17, 15) is 24.9 Å². The monoisotopic (exact) mass is 888 g/mol. The number of hydrogen-bond acceptors (Lipinski definition) is 15. The largest absolute Gasteiger partial charge is 0.462 e. The quantitative estimate of drug-likeness (QED) is 0.223. The predicted octanol–water partition coefficient (Wildman–Crippen LogP) is 4.78. The van der Waals surface area contributed by atoms with Gasteiger partial charge in [0, 0.05) is 58.2 Å². The lowest BCUT2D eigenvalue weighted by atomic mass is 9.71. The molecule has 7 rings (SSSR count). The van der Waals surface area contributed by atoms with Crippen LogP contribution in [-0.4, -0.2) is 145 Å². The van der Waals surface area contributed by atoms with E-state index in [4.69, 9.17) is 47.4 Å². The van der Waals surface area contributed by atoms with Crippen LogP contribution in [-0.2, 0) is 57.0 Å². The van der Waals surface area contributed by atoms with Crippen LogP contribution in [0.5, 0.6) is 0 Å². The van der Waals surface area contributed by atoms with Gasteiger partial charge in [0.25, 0.3) is 0 Å². The highest BCUT2D eigenvalue weighted by atomic mass is 16.7. The second-order valence-corrected chi connectivity index (χ2v) is 19.3. The molecule has 15 nitrogen and oxygen atoms in total. The minimum absolute atomic E-state index is 0.0499. The van der Waals surface area contributed by atoms with Gasteiger partial charge in [0.05, 0.1) is 55.4 Å². The molecular weight excluding hydrogens is 817 g/mol. The Morgan fingerprint density at radius 2 is 1.60 bits per heavy atom. The fourth-order valence-electron chi connectivity index (χ4n) is 10.8. The lowest BCUT2D eigenvalue weighted by Crippen LogP contribution is -2.59. The first-order chi connectivity index (χ1) is 29.9. The van der Waals surface area contributed by atoms with Crippen LogP contribution in [0.15, 0.2) is 47.1 Å². The molecular formula is C48H72O15. The van der Waals surface area contributed by atoms with Gasteiger partial charge in [-0.3, -0.25) is 9.59 Å². The third-order valence-electron chi connectivity index (χ3n) is 14.8. The van der Waals surface area contributed by atoms with Crippen LogP contribution in [0, 0.1) is 23.7 Å². The van der Waals surface area contributed by atoms with Gasteiger partial charge in [-0.2, -0.15) is 0 Å². The number of Topliss-reactive ketones (excluding diaryl/α,β-unsaturated/α-hetero) is 1. The summed E-state index contributed by atoms with van der Waals surface area (Å²) in [6.45, 7) is 15.5. The summed E-state index contributed by atoms with van der Waals surface area (Å²) >= 11 is 0. The van der Waals surface area contributed by atoms with E-state index in [-0.39, 0.29) is 49.1 Å². The van der Waals surface area contributed by atoms with Crippen LogP contribution >= 0.6 is 0 Å². The fourth-order valence-corrected chi connectivity index (χ4v) is 10.8. The number of methoxy groups -OCH3 is 2. The Balaban J connectivity index is 1.19. The lowest BCUT2D eigenvalue weighted by molar-refractivity contribution is -0.354. The second kappa shape index (κ2) is 19.8. The van der Waals surface area contributed by atoms with Crippen molar-refractivity contribution in [3.05, 3.63) is 47.1 Å². The second-order valence-electron chi connectivity index (χ2n) is 19.3. The molecule has 1 aliphatic carbocycles. The Kier molecular flexibility index (Phi) is 15.3. The van der Waals surface area contributed by atoms with E-state index >= 15 is 0 Å². The summed E-state index contributed by atoms with van der Waals surface area (Å²) < 4.78 is 63.4. The molecule has 0 aromatic heterocycles. The first kappa shape index (κ1) is 48.6. The van der Waals surface area contributed by atoms with E-state index in [0.29, 0.717) is 36.8 Å². The third kappa shape index (κ3) is 9.87. The molecule has 5 fully saturated rings. The highest BCUT2D eigenvalue weighted by Gasteiger charge is 2.60. The van der Waals surface area contributed by atoms with Gasteiger partial charge < -0.3 is 62.7 Å². The zero-order chi connectivity index (χ0) is 45.5. The molecule has 2 bridgehead atoms. The van der Waals surface area contributed by atoms with Crippen molar-refractivity contribution in [3.8, 4) is 0 Å². The fraction of sp³-hybridized carbons (Fsp3) is 0.792. The van der Waals surface area contributed by atoms with Crippen molar-refractivity contribution in [2.75, 3.05) is 20.8 Å². The Labute approximate surface area is 372 Å². The average molecular weight is 889 g/mol. The van der Waals surface area contributed by atoms with Crippen molar-refractivity contribution >= 4 is 11.8 Å². The Bertz CT molecular complexity index is 1760. The highest BCUT2D eigenvalue weighted by Crippen LogP contribution is 2.47. The number of aliphatic hydroxyl groups excluding tert-OH is 2. The molecule has 1 spiro atoms. The molecule has 15 heteroatoms. The molecule has 5 saturated heterocycles. The topological polar surface area (TPSA) is 187 Å². The van der Waals surface area contributed by atoms with Gasteiger partial charge in [-0.25, -0.2) is 0 Å². The van der Waals surface area contributed by atoms with Gasteiger partial charge >= 0.3 is 5.97 Å². The normalized spacial score (nSPS) is 46.7. The van der Waals surface area contributed by atoms with Crippen LogP contribution < -0.4 is 0 Å². The maximum absolute atomic E-state index is 14.4. The molecule has 6 heterocycles. The van der Waals surface area contributed by atoms with Gasteiger partial charge in [-0.05, 0) is 56.8 Å². The molecule has 0 saturated carbocycles. The minimum Gasteiger partial charge on any atom is -0.462 e. The molecule has 0 aromatic carbocycles. The minimum atomic E-state index is -1.97. The van der Waals surface area contributed by atoms with E-state index < -0.39 is 103 Å². The summed E-state index contributed by atoms with van der Waals surface area (Å²) in [5.41, 5.74) is -0.343. The number of ketones is 1. The first-order valence-corrected chi connectivity index (χ1v) is 23.1. The Morgan fingerprint density at radius 1 is 0.905 bits per heavy atom. The number of hydrogen-bond donors (Lipinski definition) is 3. The zero-order valence-corrected chi connectivity index (χ0v) is 38.7. The van der Waals surface area contributed by atoms with E-state index in [1.54, 1.807) is 40.2 Å². The standard InChI is InChI=1S/C48H72O15/c1-11-24(2)43-28(6)35(49)22-47(63-43)21-33-18-32(62-47)16-15-26(4)42(25(3)13-12-14-31-23-56-45-40(50)27(5)17-34(46(52)59-33)48(31,45)53)60-39-20-37(55-10)44(30(8)58-39)61-38-19-36(54-9)41(51)29(7)57-38/h12-15,17,24-25,28-30,32-39,41-45,49,51,53H,11,16,18-23H2,1-10H3. The SMILES string of the molecule is CCC(C)C1OC2(CC3CC(CC=C(C)C(OC4CC(OC)C(OC5CC(OC)C(O)C(C)O5)C(C)O4)C(C)C=CC=C4COC5C(=O)C(C)=CC(C(=O)O3)C45O)O2)CC(O)C1C. The first-order valence-electron chi connectivity index (χ1n) is 23.1. The van der Waals surface area contributed by atoms with Crippen molar-refractivity contribution < 1.29 is 72.3 Å². The summed E-state index contributed by atoms with van der Waals surface area (Å²) in [6.07, 6.45) is 3.53. The van der Waals surface area contributed by atoms with Crippen molar-refractivity contribution in [1.29, 1.82) is 0 Å². The van der Waals surface area contributed by atoms with Gasteiger partial charge in [0.15, 0.2) is 30.3 Å². The number of carbonyl (C=O) groups excluding carboxylic acids is 2. The molecule has 20 unspecified atom stereocenters. The Morgan fingerprint density at radius 3 is 2.32 bits per heavy atom. The number of rotatable bonds is 8. The third-order valence-corrected chi connectivity index (χ3v) is 14.8. The maximum Gasteiger partial charge on any atom is 0.316 e. The van der Waals surface area contributed by atoms with E-state index in [0.717, 1.165) is 12.0 Å². The summed E-state index contributed by atoms with van der Waals surface area (Å²) in [7, 11) is 3.19. The number of esters is 1. The lowest BCUT2D eigenvalue weighted by Gasteiger charge is -2.52. The molecule has 63 heavy (non-hydrogen) atoms. The number of carbonyl (C=O) groups is 2. The number of ether oxygens (including phenoxy) is 10. The van der Waals surface area contributed by atoms with Crippen molar-refractivity contribution in [3.63, 3.8) is 0 Å². The van der Waals surface area contributed by atoms with Crippen LogP contribution in [0.25, 0.3) is 0 Å².